The lowest BCUT2D eigenvalue weighted by Gasteiger charge is -2.38. The normalized spacial score (nSPS) is 22.6. The molecule has 37 heavy (non-hydrogen) atoms. The van der Waals surface area contributed by atoms with Gasteiger partial charge in [0.15, 0.2) is 0 Å². The molecule has 4 heterocycles. The molecule has 194 valence electrons. The van der Waals surface area contributed by atoms with Crippen LogP contribution < -0.4 is 14.8 Å². The first kappa shape index (κ1) is 24.0. The second-order valence-electron chi connectivity index (χ2n) is 10.8. The van der Waals surface area contributed by atoms with Gasteiger partial charge in [-0.05, 0) is 63.9 Å². The molecule has 4 aliphatic heterocycles. The third kappa shape index (κ3) is 4.37. The van der Waals surface area contributed by atoms with Gasteiger partial charge in [0.2, 0.25) is 11.8 Å². The largest absolute Gasteiger partial charge is 0.493 e. The fourth-order valence-electron chi connectivity index (χ4n) is 6.26. The topological polar surface area (TPSA) is 88.2 Å². The Kier molecular flexibility index (Phi) is 6.15. The molecule has 4 aliphatic rings. The van der Waals surface area contributed by atoms with Crippen LogP contribution in [0.1, 0.15) is 59.2 Å². The molecule has 1 N–H and O–H groups in total. The summed E-state index contributed by atoms with van der Waals surface area (Å²) in [6.07, 6.45) is 3.71. The van der Waals surface area contributed by atoms with Crippen LogP contribution in [-0.2, 0) is 21.5 Å². The fraction of sp³-hybridized carbons (Fsp3) is 0.483. The van der Waals surface area contributed by atoms with Gasteiger partial charge in [-0.1, -0.05) is 23.8 Å². The number of aryl methyl sites for hydroxylation is 1. The van der Waals surface area contributed by atoms with Gasteiger partial charge in [-0.2, -0.15) is 0 Å². The van der Waals surface area contributed by atoms with Gasteiger partial charge in [-0.15, -0.1) is 0 Å². The van der Waals surface area contributed by atoms with E-state index in [0.29, 0.717) is 30.9 Å². The van der Waals surface area contributed by atoms with Crippen molar-refractivity contribution in [3.63, 3.8) is 0 Å². The number of hydrogen-bond donors (Lipinski definition) is 1. The molecule has 8 nitrogen and oxygen atoms in total. The predicted molar refractivity (Wildman–Crippen MR) is 137 cm³/mol. The predicted octanol–water partition coefficient (Wildman–Crippen LogP) is 2.95. The number of benzene rings is 2. The monoisotopic (exact) mass is 503 g/mol. The van der Waals surface area contributed by atoms with Crippen LogP contribution >= 0.6 is 0 Å². The van der Waals surface area contributed by atoms with E-state index in [1.54, 1.807) is 11.0 Å². The molecule has 1 spiro atoms. The van der Waals surface area contributed by atoms with E-state index in [-0.39, 0.29) is 23.7 Å². The van der Waals surface area contributed by atoms with Crippen molar-refractivity contribution >= 4 is 17.7 Å². The molecular weight excluding hydrogens is 470 g/mol. The van der Waals surface area contributed by atoms with Gasteiger partial charge < -0.3 is 19.3 Å². The number of rotatable bonds is 6. The fourth-order valence-corrected chi connectivity index (χ4v) is 6.26. The average molecular weight is 504 g/mol. The first-order chi connectivity index (χ1) is 17.9. The van der Waals surface area contributed by atoms with Crippen molar-refractivity contribution in [3.8, 4) is 11.5 Å². The van der Waals surface area contributed by atoms with Gasteiger partial charge in [0.25, 0.3) is 5.91 Å². The Hall–Kier alpha value is -3.39. The number of nitrogens with one attached hydrogen (secondary N) is 1. The second-order valence-corrected chi connectivity index (χ2v) is 10.8. The van der Waals surface area contributed by atoms with E-state index in [1.165, 1.54) is 11.1 Å². The van der Waals surface area contributed by atoms with Crippen molar-refractivity contribution in [3.05, 3.63) is 58.7 Å². The van der Waals surface area contributed by atoms with Gasteiger partial charge in [0, 0.05) is 35.1 Å². The molecule has 0 bridgehead atoms. The number of hydrogen-bond acceptors (Lipinski definition) is 6. The zero-order valence-electron chi connectivity index (χ0n) is 21.3. The van der Waals surface area contributed by atoms with E-state index in [1.807, 2.05) is 12.1 Å². The molecular formula is C29H33N3O5. The van der Waals surface area contributed by atoms with Crippen LogP contribution in [0.4, 0.5) is 0 Å². The van der Waals surface area contributed by atoms with Crippen molar-refractivity contribution in [2.75, 3.05) is 32.8 Å². The summed E-state index contributed by atoms with van der Waals surface area (Å²) < 4.78 is 12.2. The maximum atomic E-state index is 13.0. The van der Waals surface area contributed by atoms with Crippen molar-refractivity contribution in [1.82, 2.24) is 15.1 Å². The molecule has 0 aliphatic carbocycles. The lowest BCUT2D eigenvalue weighted by molar-refractivity contribution is -0.136. The molecule has 0 aromatic heterocycles. The van der Waals surface area contributed by atoms with Crippen LogP contribution in [0, 0.1) is 6.92 Å². The van der Waals surface area contributed by atoms with Crippen LogP contribution in [0.2, 0.25) is 0 Å². The molecule has 2 aromatic carbocycles. The highest BCUT2D eigenvalue weighted by Crippen LogP contribution is 2.45. The molecule has 6 rings (SSSR count). The molecule has 2 fully saturated rings. The lowest BCUT2D eigenvalue weighted by Crippen LogP contribution is -2.52. The van der Waals surface area contributed by atoms with Gasteiger partial charge >= 0.3 is 0 Å². The summed E-state index contributed by atoms with van der Waals surface area (Å²) in [6.45, 7) is 6.89. The molecule has 1 unspecified atom stereocenters. The summed E-state index contributed by atoms with van der Waals surface area (Å²) in [5.74, 6) is 0.899. The summed E-state index contributed by atoms with van der Waals surface area (Å²) in [4.78, 5) is 40.9. The number of carbonyl (C=O) groups is 3. The van der Waals surface area contributed by atoms with Gasteiger partial charge in [-0.25, -0.2) is 0 Å². The van der Waals surface area contributed by atoms with Crippen LogP contribution in [0.5, 0.6) is 11.5 Å². The van der Waals surface area contributed by atoms with Gasteiger partial charge in [0.1, 0.15) is 17.5 Å². The molecule has 2 saturated heterocycles. The number of likely N-dealkylation sites (tertiary alicyclic amines) is 1. The molecule has 0 radical (unpaired) electrons. The van der Waals surface area contributed by atoms with Gasteiger partial charge in [0.05, 0.1) is 19.8 Å². The van der Waals surface area contributed by atoms with E-state index in [9.17, 15) is 14.4 Å². The first-order valence-corrected chi connectivity index (χ1v) is 13.3. The van der Waals surface area contributed by atoms with Crippen molar-refractivity contribution < 1.29 is 23.9 Å². The molecule has 1 atom stereocenters. The Balaban J connectivity index is 1.01. The smallest absolute Gasteiger partial charge is 0.255 e. The van der Waals surface area contributed by atoms with Crippen LogP contribution in [0.25, 0.3) is 0 Å². The summed E-state index contributed by atoms with van der Waals surface area (Å²) in [5.41, 5.74) is 4.23. The number of amides is 3. The van der Waals surface area contributed by atoms with Crippen LogP contribution in [0.15, 0.2) is 36.4 Å². The number of fused-ring (bicyclic) bond motifs is 3. The molecule has 0 saturated carbocycles. The molecule has 3 amide bonds. The summed E-state index contributed by atoms with van der Waals surface area (Å²) >= 11 is 0. The summed E-state index contributed by atoms with van der Waals surface area (Å²) in [5, 5.41) is 2.35. The SMILES string of the molecule is Cc1ccc2c(c1)C1(CCN(CCCOc3cccc4c3CN(C3CCC(=O)NC3=O)C4=O)CC1)CO2. The quantitative estimate of drug-likeness (QED) is 0.482. The van der Waals surface area contributed by atoms with Crippen LogP contribution in [-0.4, -0.2) is 66.4 Å². The Bertz CT molecular complexity index is 1250. The standard InChI is InChI=1S/C29H33N3O5/c1-19-6-8-25-22(16-19)29(18-37-25)10-13-31(14-11-29)12-3-15-36-24-5-2-4-20-21(24)17-32(28(20)35)23-7-9-26(33)30-27(23)34/h2,4-6,8,16,23H,3,7,9-15,17-18H2,1H3,(H,30,33,34). The number of piperidine rings is 2. The van der Waals surface area contributed by atoms with E-state index >= 15 is 0 Å². The Morgan fingerprint density at radius 2 is 1.97 bits per heavy atom. The number of carbonyl (C=O) groups excluding carboxylic acids is 3. The van der Waals surface area contributed by atoms with E-state index in [0.717, 1.165) is 56.8 Å². The third-order valence-corrected chi connectivity index (χ3v) is 8.44. The minimum atomic E-state index is -0.617. The van der Waals surface area contributed by atoms with E-state index in [4.69, 9.17) is 9.47 Å². The molecule has 8 heteroatoms. The number of ether oxygens (including phenoxy) is 2. The number of nitrogens with zero attached hydrogens (tertiary/aromatic N) is 2. The van der Waals surface area contributed by atoms with Crippen LogP contribution in [0.3, 0.4) is 0 Å². The zero-order chi connectivity index (χ0) is 25.6. The Morgan fingerprint density at radius 1 is 1.14 bits per heavy atom. The highest BCUT2D eigenvalue weighted by atomic mass is 16.5. The number of imide groups is 1. The van der Waals surface area contributed by atoms with Crippen molar-refractivity contribution in [2.45, 2.75) is 57.0 Å². The minimum Gasteiger partial charge on any atom is -0.493 e. The average Bonchev–Trinajstić information content (AvgIpc) is 3.41. The minimum absolute atomic E-state index is 0.153. The Labute approximate surface area is 216 Å². The third-order valence-electron chi connectivity index (χ3n) is 8.44. The highest BCUT2D eigenvalue weighted by Gasteiger charge is 2.43. The Morgan fingerprint density at radius 3 is 2.78 bits per heavy atom. The highest BCUT2D eigenvalue weighted by molar-refractivity contribution is 6.05. The summed E-state index contributed by atoms with van der Waals surface area (Å²) in [6, 6.07) is 11.4. The first-order valence-electron chi connectivity index (χ1n) is 13.3. The second kappa shape index (κ2) is 9.49. The van der Waals surface area contributed by atoms with E-state index < -0.39 is 11.9 Å². The van der Waals surface area contributed by atoms with Crippen molar-refractivity contribution in [1.29, 1.82) is 0 Å². The van der Waals surface area contributed by atoms with E-state index in [2.05, 4.69) is 35.3 Å². The lowest BCUT2D eigenvalue weighted by atomic mass is 9.74. The van der Waals surface area contributed by atoms with Gasteiger partial charge in [-0.3, -0.25) is 19.7 Å². The van der Waals surface area contributed by atoms with Crippen molar-refractivity contribution in [2.24, 2.45) is 0 Å². The molecule has 2 aromatic rings. The summed E-state index contributed by atoms with van der Waals surface area (Å²) in [7, 11) is 0. The maximum absolute atomic E-state index is 13.0. The zero-order valence-corrected chi connectivity index (χ0v) is 21.3. The maximum Gasteiger partial charge on any atom is 0.255 e.